The van der Waals surface area contributed by atoms with Crippen molar-refractivity contribution in [3.8, 4) is 0 Å². The Morgan fingerprint density at radius 1 is 1.05 bits per heavy atom. The number of hydrogen-bond donors (Lipinski definition) is 1. The molecular weight excluding hydrogens is 286 g/mol. The van der Waals surface area contributed by atoms with Crippen molar-refractivity contribution in [2.45, 2.75) is 57.0 Å². The summed E-state index contributed by atoms with van der Waals surface area (Å²) in [5, 5.41) is 4.08. The second-order valence-corrected chi connectivity index (χ2v) is 9.41. The van der Waals surface area contributed by atoms with Gasteiger partial charge in [-0.15, -0.1) is 11.3 Å². The fourth-order valence-corrected chi connectivity index (χ4v) is 7.29. The number of fused-ring (bicyclic) bond motifs is 1. The van der Waals surface area contributed by atoms with Crippen molar-refractivity contribution in [2.75, 3.05) is 0 Å². The molecule has 108 valence electrons. The molecule has 0 aliphatic heterocycles. The molecule has 0 amide bonds. The van der Waals surface area contributed by atoms with E-state index in [0.717, 1.165) is 34.0 Å². The monoisotopic (exact) mass is 307 g/mol. The van der Waals surface area contributed by atoms with Gasteiger partial charge in [-0.3, -0.25) is 0 Å². The summed E-state index contributed by atoms with van der Waals surface area (Å²) < 4.78 is 0.978. The Morgan fingerprint density at radius 3 is 2.45 bits per heavy atom. The highest BCUT2D eigenvalue weighted by Gasteiger charge is 2.48. The van der Waals surface area contributed by atoms with Crippen LogP contribution < -0.4 is 5.32 Å². The summed E-state index contributed by atoms with van der Waals surface area (Å²) in [6, 6.07) is 3.62. The third-order valence-corrected chi connectivity index (χ3v) is 7.81. The van der Waals surface area contributed by atoms with Crippen molar-refractivity contribution in [2.24, 2.45) is 23.7 Å². The number of halogens is 1. The quantitative estimate of drug-likeness (QED) is 0.827. The molecule has 1 N–H and O–H groups in total. The van der Waals surface area contributed by atoms with Crippen LogP contribution in [0.15, 0.2) is 6.07 Å². The van der Waals surface area contributed by atoms with Crippen molar-refractivity contribution in [3.63, 3.8) is 0 Å². The lowest BCUT2D eigenvalue weighted by molar-refractivity contribution is -0.0177. The molecule has 4 bridgehead atoms. The van der Waals surface area contributed by atoms with Crippen LogP contribution in [0.2, 0.25) is 4.34 Å². The molecule has 5 aliphatic rings. The van der Waals surface area contributed by atoms with Crippen LogP contribution in [0.5, 0.6) is 0 Å². The molecule has 1 unspecified atom stereocenters. The van der Waals surface area contributed by atoms with E-state index in [9.17, 15) is 0 Å². The minimum absolute atomic E-state index is 0.594. The van der Waals surface area contributed by atoms with Crippen LogP contribution >= 0.6 is 22.9 Å². The van der Waals surface area contributed by atoms with Crippen molar-refractivity contribution < 1.29 is 0 Å². The van der Waals surface area contributed by atoms with Gasteiger partial charge >= 0.3 is 0 Å². The first kappa shape index (κ1) is 12.5. The first-order chi connectivity index (χ1) is 9.76. The summed E-state index contributed by atoms with van der Waals surface area (Å²) in [5.41, 5.74) is 1.52. The molecule has 3 heteroatoms. The largest absolute Gasteiger partial charge is 0.307 e. The predicted octanol–water partition coefficient (Wildman–Crippen LogP) is 4.80. The van der Waals surface area contributed by atoms with Gasteiger partial charge in [-0.05, 0) is 80.2 Å². The van der Waals surface area contributed by atoms with Gasteiger partial charge in [0.05, 0.1) is 4.34 Å². The van der Waals surface area contributed by atoms with Crippen LogP contribution in [0.1, 0.15) is 55.0 Å². The fourth-order valence-electron chi connectivity index (χ4n) is 5.93. The van der Waals surface area contributed by atoms with Gasteiger partial charge < -0.3 is 5.32 Å². The fraction of sp³-hybridized carbons (Fsp3) is 0.765. The molecule has 5 aliphatic carbocycles. The van der Waals surface area contributed by atoms with Gasteiger partial charge in [-0.2, -0.15) is 0 Å². The van der Waals surface area contributed by atoms with E-state index in [4.69, 9.17) is 11.6 Å². The smallest absolute Gasteiger partial charge is 0.0934 e. The molecule has 0 radical (unpaired) electrons. The Hall–Kier alpha value is -0.0500. The zero-order valence-electron chi connectivity index (χ0n) is 11.8. The summed E-state index contributed by atoms with van der Waals surface area (Å²) in [6.45, 7) is 0. The zero-order chi connectivity index (χ0) is 13.3. The summed E-state index contributed by atoms with van der Waals surface area (Å²) in [5.74, 6) is 4.10. The average molecular weight is 308 g/mol. The third-order valence-electron chi connectivity index (χ3n) is 6.47. The maximum atomic E-state index is 6.20. The predicted molar refractivity (Wildman–Crippen MR) is 84.4 cm³/mol. The van der Waals surface area contributed by atoms with Gasteiger partial charge in [0.2, 0.25) is 0 Å². The van der Waals surface area contributed by atoms with E-state index < -0.39 is 0 Å². The highest BCUT2D eigenvalue weighted by Crippen LogP contribution is 2.54. The van der Waals surface area contributed by atoms with E-state index in [-0.39, 0.29) is 0 Å². The molecular formula is C17H22ClNS. The van der Waals surface area contributed by atoms with Gasteiger partial charge in [0.25, 0.3) is 0 Å². The zero-order valence-corrected chi connectivity index (χ0v) is 13.3. The maximum absolute atomic E-state index is 6.20. The van der Waals surface area contributed by atoms with Gasteiger partial charge in [-0.1, -0.05) is 11.6 Å². The normalized spacial score (nSPS) is 45.0. The molecule has 1 aromatic heterocycles. The summed E-state index contributed by atoms with van der Waals surface area (Å²) in [4.78, 5) is 1.54. The highest BCUT2D eigenvalue weighted by molar-refractivity contribution is 7.16. The number of rotatable bonds is 2. The topological polar surface area (TPSA) is 12.0 Å². The molecule has 0 saturated heterocycles. The van der Waals surface area contributed by atoms with Crippen molar-refractivity contribution in [1.29, 1.82) is 0 Å². The lowest BCUT2D eigenvalue weighted by Crippen LogP contribution is -2.54. The lowest BCUT2D eigenvalue weighted by Gasteiger charge is -2.55. The third kappa shape index (κ3) is 1.84. The minimum atomic E-state index is 0.594. The summed E-state index contributed by atoms with van der Waals surface area (Å²) >= 11 is 7.99. The SMILES string of the molecule is Clc1cc2c(s1)CCC2NC1C2CC3CC(C2)CC1C3. The van der Waals surface area contributed by atoms with Crippen LogP contribution in [0.25, 0.3) is 0 Å². The highest BCUT2D eigenvalue weighted by atomic mass is 35.5. The van der Waals surface area contributed by atoms with Crippen LogP contribution in [-0.4, -0.2) is 6.04 Å². The lowest BCUT2D eigenvalue weighted by atomic mass is 9.54. The molecule has 1 heterocycles. The molecule has 0 spiro atoms. The van der Waals surface area contributed by atoms with Crippen molar-refractivity contribution in [3.05, 3.63) is 20.8 Å². The van der Waals surface area contributed by atoms with Crippen molar-refractivity contribution >= 4 is 22.9 Å². The van der Waals surface area contributed by atoms with E-state index in [1.807, 2.05) is 0 Å². The molecule has 1 atom stereocenters. The average Bonchev–Trinajstić information content (AvgIpc) is 2.93. The Balaban J connectivity index is 1.37. The number of thiophene rings is 1. The van der Waals surface area contributed by atoms with Gasteiger partial charge in [0, 0.05) is 17.0 Å². The van der Waals surface area contributed by atoms with Gasteiger partial charge in [0.1, 0.15) is 0 Å². The van der Waals surface area contributed by atoms with E-state index in [1.54, 1.807) is 17.8 Å². The first-order valence-corrected chi connectivity index (χ1v) is 9.50. The van der Waals surface area contributed by atoms with E-state index in [0.29, 0.717) is 6.04 Å². The molecule has 4 saturated carbocycles. The standard InChI is InChI=1S/C17H22ClNS/c18-16-8-13-14(1-2-15(13)20-16)19-17-11-4-9-3-10(6-11)7-12(17)5-9/h8-12,14,17,19H,1-7H2. The van der Waals surface area contributed by atoms with E-state index >= 15 is 0 Å². The van der Waals surface area contributed by atoms with Crippen LogP contribution in [0.4, 0.5) is 0 Å². The molecule has 0 aromatic carbocycles. The molecule has 6 rings (SSSR count). The number of nitrogens with one attached hydrogen (secondary N) is 1. The Labute approximate surface area is 130 Å². The van der Waals surface area contributed by atoms with E-state index in [2.05, 4.69) is 11.4 Å². The van der Waals surface area contributed by atoms with Crippen LogP contribution in [-0.2, 0) is 6.42 Å². The molecule has 20 heavy (non-hydrogen) atoms. The van der Waals surface area contributed by atoms with Gasteiger partial charge in [-0.25, -0.2) is 0 Å². The minimum Gasteiger partial charge on any atom is -0.307 e. The summed E-state index contributed by atoms with van der Waals surface area (Å²) in [6.07, 6.45) is 10.1. The summed E-state index contributed by atoms with van der Waals surface area (Å²) in [7, 11) is 0. The van der Waals surface area contributed by atoms with Crippen LogP contribution in [0.3, 0.4) is 0 Å². The molecule has 1 nitrogen and oxygen atoms in total. The molecule has 4 fully saturated rings. The first-order valence-electron chi connectivity index (χ1n) is 8.30. The Bertz CT molecular complexity index is 509. The second-order valence-electron chi connectivity index (χ2n) is 7.64. The maximum Gasteiger partial charge on any atom is 0.0934 e. The number of hydrogen-bond acceptors (Lipinski definition) is 2. The Kier molecular flexibility index (Phi) is 2.79. The van der Waals surface area contributed by atoms with Crippen molar-refractivity contribution in [1.82, 2.24) is 5.32 Å². The Morgan fingerprint density at radius 2 is 1.75 bits per heavy atom. The second kappa shape index (κ2) is 4.47. The van der Waals surface area contributed by atoms with E-state index in [1.165, 1.54) is 49.0 Å². The number of aryl methyl sites for hydroxylation is 1. The van der Waals surface area contributed by atoms with Crippen LogP contribution in [0, 0.1) is 23.7 Å². The van der Waals surface area contributed by atoms with Gasteiger partial charge in [0.15, 0.2) is 0 Å². The molecule has 1 aromatic rings.